The molecule has 0 bridgehead atoms. The van der Waals surface area contributed by atoms with Crippen molar-refractivity contribution in [3.8, 4) is 6.07 Å². The summed E-state index contributed by atoms with van der Waals surface area (Å²) >= 11 is 7.46. The number of amides is 1. The van der Waals surface area contributed by atoms with Crippen molar-refractivity contribution >= 4 is 51.6 Å². The molecule has 12 heteroatoms. The maximum absolute atomic E-state index is 12.8. The summed E-state index contributed by atoms with van der Waals surface area (Å²) in [4.78, 5) is 36.0. The SMILES string of the molecule is Cc1cccc(Cl)c1NC(=O)c1cnc(Nc2nc(CC(C)C)nc(N3CCN(CCC#N)CC3)n2)s1. The number of aryl methyl sites for hydroxylation is 1. The number of hydrogen-bond acceptors (Lipinski definition) is 10. The van der Waals surface area contributed by atoms with Crippen molar-refractivity contribution in [2.45, 2.75) is 33.6 Å². The predicted octanol–water partition coefficient (Wildman–Crippen LogP) is 4.52. The summed E-state index contributed by atoms with van der Waals surface area (Å²) in [7, 11) is 0. The average molecular weight is 540 g/mol. The van der Waals surface area contributed by atoms with E-state index in [1.165, 1.54) is 17.5 Å². The number of rotatable bonds is 9. The minimum absolute atomic E-state index is 0.284. The Kier molecular flexibility index (Phi) is 8.87. The van der Waals surface area contributed by atoms with E-state index in [2.05, 4.69) is 55.3 Å². The quantitative estimate of drug-likeness (QED) is 0.404. The molecule has 1 aliphatic heterocycles. The van der Waals surface area contributed by atoms with Crippen LogP contribution in [-0.4, -0.2) is 63.5 Å². The van der Waals surface area contributed by atoms with E-state index < -0.39 is 0 Å². The first-order valence-corrected chi connectivity index (χ1v) is 13.4. The molecule has 2 N–H and O–H groups in total. The van der Waals surface area contributed by atoms with E-state index >= 15 is 0 Å². The lowest BCUT2D eigenvalue weighted by atomic mass is 10.1. The second-order valence-corrected chi connectivity index (χ2v) is 10.7. The fraction of sp³-hybridized carbons (Fsp3) is 0.440. The number of nitrogens with zero attached hydrogens (tertiary/aromatic N) is 7. The smallest absolute Gasteiger partial charge is 0.267 e. The van der Waals surface area contributed by atoms with Crippen LogP contribution in [0, 0.1) is 24.2 Å². The molecule has 194 valence electrons. The molecule has 3 heterocycles. The van der Waals surface area contributed by atoms with Gasteiger partial charge in [0, 0.05) is 45.6 Å². The predicted molar refractivity (Wildman–Crippen MR) is 147 cm³/mol. The van der Waals surface area contributed by atoms with Gasteiger partial charge in [0.25, 0.3) is 5.91 Å². The van der Waals surface area contributed by atoms with Crippen LogP contribution in [0.4, 0.5) is 22.7 Å². The molecule has 0 radical (unpaired) electrons. The summed E-state index contributed by atoms with van der Waals surface area (Å²) in [5.74, 6) is 1.83. The van der Waals surface area contributed by atoms with E-state index in [1.807, 2.05) is 19.1 Å². The highest BCUT2D eigenvalue weighted by atomic mass is 35.5. The molecule has 37 heavy (non-hydrogen) atoms. The Labute approximate surface area is 225 Å². The third-order valence-electron chi connectivity index (χ3n) is 5.86. The minimum Gasteiger partial charge on any atom is -0.338 e. The van der Waals surface area contributed by atoms with E-state index in [4.69, 9.17) is 21.8 Å². The molecule has 0 aliphatic carbocycles. The summed E-state index contributed by atoms with van der Waals surface area (Å²) < 4.78 is 0. The highest BCUT2D eigenvalue weighted by Crippen LogP contribution is 2.28. The van der Waals surface area contributed by atoms with Gasteiger partial charge in [0.05, 0.1) is 23.0 Å². The molecule has 0 unspecified atom stereocenters. The zero-order valence-electron chi connectivity index (χ0n) is 21.2. The van der Waals surface area contributed by atoms with Gasteiger partial charge in [-0.1, -0.05) is 48.9 Å². The van der Waals surface area contributed by atoms with Crippen LogP contribution in [0.15, 0.2) is 24.4 Å². The van der Waals surface area contributed by atoms with Crippen molar-refractivity contribution in [2.24, 2.45) is 5.92 Å². The number of carbonyl (C=O) groups is 1. The summed E-state index contributed by atoms with van der Waals surface area (Å²) in [6.07, 6.45) is 2.77. The summed E-state index contributed by atoms with van der Waals surface area (Å²) in [6, 6.07) is 7.68. The Morgan fingerprint density at radius 2 is 2.00 bits per heavy atom. The van der Waals surface area contributed by atoms with Gasteiger partial charge in [-0.15, -0.1) is 0 Å². The van der Waals surface area contributed by atoms with Crippen molar-refractivity contribution in [1.82, 2.24) is 24.8 Å². The third kappa shape index (κ3) is 7.13. The van der Waals surface area contributed by atoms with Gasteiger partial charge in [-0.2, -0.15) is 20.2 Å². The molecule has 4 rings (SSSR count). The Balaban J connectivity index is 1.48. The highest BCUT2D eigenvalue weighted by Gasteiger charge is 2.21. The lowest BCUT2D eigenvalue weighted by molar-refractivity contribution is 0.103. The molecule has 10 nitrogen and oxygen atoms in total. The number of nitrogens with one attached hydrogen (secondary N) is 2. The molecule has 1 aliphatic rings. The van der Waals surface area contributed by atoms with Gasteiger partial charge in [-0.05, 0) is 24.5 Å². The van der Waals surface area contributed by atoms with Gasteiger partial charge in [0.1, 0.15) is 10.7 Å². The Morgan fingerprint density at radius 3 is 2.70 bits per heavy atom. The normalized spacial score (nSPS) is 14.0. The zero-order valence-corrected chi connectivity index (χ0v) is 22.7. The van der Waals surface area contributed by atoms with Gasteiger partial charge in [0.2, 0.25) is 11.9 Å². The molecule has 1 aromatic carbocycles. The van der Waals surface area contributed by atoms with Gasteiger partial charge in [-0.3, -0.25) is 15.0 Å². The Hall–Kier alpha value is -3.33. The molecule has 0 atom stereocenters. The third-order valence-corrected chi connectivity index (χ3v) is 7.09. The van der Waals surface area contributed by atoms with E-state index in [1.54, 1.807) is 6.07 Å². The Bertz CT molecular complexity index is 1260. The number of thiazole rings is 1. The topological polar surface area (TPSA) is 123 Å². The minimum atomic E-state index is -0.284. The van der Waals surface area contributed by atoms with Crippen molar-refractivity contribution in [3.63, 3.8) is 0 Å². The molecular weight excluding hydrogens is 510 g/mol. The maximum atomic E-state index is 12.8. The van der Waals surface area contributed by atoms with Gasteiger partial charge in [-0.25, -0.2) is 4.98 Å². The summed E-state index contributed by atoms with van der Waals surface area (Å²) in [6.45, 7) is 10.2. The van der Waals surface area contributed by atoms with Gasteiger partial charge >= 0.3 is 0 Å². The monoisotopic (exact) mass is 539 g/mol. The van der Waals surface area contributed by atoms with Crippen LogP contribution in [-0.2, 0) is 6.42 Å². The lowest BCUT2D eigenvalue weighted by Gasteiger charge is -2.34. The molecular formula is C25H30ClN9OS. The second-order valence-electron chi connectivity index (χ2n) is 9.25. The number of carbonyl (C=O) groups excluding carboxylic acids is 1. The molecule has 1 saturated heterocycles. The fourth-order valence-electron chi connectivity index (χ4n) is 3.94. The van der Waals surface area contributed by atoms with Gasteiger partial charge < -0.3 is 10.2 Å². The highest BCUT2D eigenvalue weighted by molar-refractivity contribution is 7.17. The summed E-state index contributed by atoms with van der Waals surface area (Å²) in [5.41, 5.74) is 1.47. The van der Waals surface area contributed by atoms with E-state index in [0.29, 0.717) is 50.8 Å². The number of benzene rings is 1. The molecule has 3 aromatic rings. The number of anilines is 4. The van der Waals surface area contributed by atoms with Crippen LogP contribution >= 0.6 is 22.9 Å². The number of piperazine rings is 1. The fourth-order valence-corrected chi connectivity index (χ4v) is 4.91. The van der Waals surface area contributed by atoms with E-state index in [9.17, 15) is 4.79 Å². The first-order chi connectivity index (χ1) is 17.8. The van der Waals surface area contributed by atoms with Crippen LogP contribution < -0.4 is 15.5 Å². The number of nitriles is 1. The average Bonchev–Trinajstić information content (AvgIpc) is 3.33. The maximum Gasteiger partial charge on any atom is 0.267 e. The van der Waals surface area contributed by atoms with Crippen molar-refractivity contribution in [1.29, 1.82) is 5.26 Å². The first kappa shape index (κ1) is 26.7. The van der Waals surface area contributed by atoms with E-state index in [0.717, 1.165) is 44.7 Å². The number of aromatic nitrogens is 4. The van der Waals surface area contributed by atoms with Crippen molar-refractivity contribution < 1.29 is 4.79 Å². The number of hydrogen-bond donors (Lipinski definition) is 2. The van der Waals surface area contributed by atoms with Crippen LogP contribution in [0.1, 0.15) is 41.3 Å². The lowest BCUT2D eigenvalue weighted by Crippen LogP contribution is -2.47. The molecule has 0 spiro atoms. The number of para-hydroxylation sites is 1. The van der Waals surface area contributed by atoms with Crippen LogP contribution in [0.5, 0.6) is 0 Å². The Morgan fingerprint density at radius 1 is 1.22 bits per heavy atom. The second kappa shape index (κ2) is 12.3. The van der Waals surface area contributed by atoms with Gasteiger partial charge in [0.15, 0.2) is 5.13 Å². The van der Waals surface area contributed by atoms with Crippen molar-refractivity contribution in [2.75, 3.05) is 48.3 Å². The van der Waals surface area contributed by atoms with Crippen LogP contribution in [0.25, 0.3) is 0 Å². The molecule has 0 saturated carbocycles. The standard InChI is InChI=1S/C25H30ClN9OS/c1-16(2)14-20-29-23(32-24(30-20)35-12-10-34(11-13-35)9-5-8-27)33-25-28-15-19(37-25)22(36)31-21-17(3)6-4-7-18(21)26/h4,6-7,15-16H,5,9-14H2,1-3H3,(H,31,36)(H,28,29,30,32,33). The first-order valence-electron chi connectivity index (χ1n) is 12.2. The van der Waals surface area contributed by atoms with Crippen LogP contribution in [0.2, 0.25) is 5.02 Å². The van der Waals surface area contributed by atoms with Crippen molar-refractivity contribution in [3.05, 3.63) is 45.7 Å². The summed E-state index contributed by atoms with van der Waals surface area (Å²) in [5, 5.41) is 15.9. The van der Waals surface area contributed by atoms with Crippen LogP contribution in [0.3, 0.4) is 0 Å². The number of halogens is 1. The molecule has 2 aromatic heterocycles. The molecule has 1 amide bonds. The largest absolute Gasteiger partial charge is 0.338 e. The van der Waals surface area contributed by atoms with E-state index in [-0.39, 0.29) is 5.91 Å². The zero-order chi connectivity index (χ0) is 26.4. The molecule has 1 fully saturated rings.